The number of aromatic nitrogens is 1. The quantitative estimate of drug-likeness (QED) is 0.844. The van der Waals surface area contributed by atoms with Crippen LogP contribution in [-0.4, -0.2) is 16.1 Å². The van der Waals surface area contributed by atoms with E-state index in [1.807, 2.05) is 6.92 Å². The second kappa shape index (κ2) is 6.28. The first-order chi connectivity index (χ1) is 9.95. The molecule has 3 N–H and O–H groups in total. The number of nitrogens with zero attached hydrogens (tertiary/aromatic N) is 1. The smallest absolute Gasteiger partial charge is 0.328 e. The molecule has 0 spiro atoms. The van der Waals surface area contributed by atoms with Crippen molar-refractivity contribution in [3.63, 3.8) is 0 Å². The van der Waals surface area contributed by atoms with Crippen molar-refractivity contribution in [1.29, 1.82) is 0 Å². The molecule has 0 aliphatic heterocycles. The van der Waals surface area contributed by atoms with Crippen LogP contribution in [0.2, 0.25) is 5.02 Å². The molecule has 1 aromatic carbocycles. The van der Waals surface area contributed by atoms with Gasteiger partial charge in [-0.3, -0.25) is 0 Å². The molecule has 0 saturated heterocycles. The topological polar surface area (TPSA) is 85.4 Å². The second-order valence-corrected chi connectivity index (χ2v) is 4.76. The molecule has 1 heterocycles. The number of anilines is 1. The molecule has 0 fully saturated rings. The van der Waals surface area contributed by atoms with Gasteiger partial charge in [-0.05, 0) is 42.3 Å². The molecular formula is C15H13ClN2O3. The highest BCUT2D eigenvalue weighted by atomic mass is 35.5. The molecule has 0 atom stereocenters. The van der Waals surface area contributed by atoms with Crippen molar-refractivity contribution < 1.29 is 14.6 Å². The van der Waals surface area contributed by atoms with Crippen molar-refractivity contribution in [3.05, 3.63) is 52.7 Å². The van der Waals surface area contributed by atoms with Crippen molar-refractivity contribution in [2.24, 2.45) is 0 Å². The van der Waals surface area contributed by atoms with Gasteiger partial charge in [-0.1, -0.05) is 11.6 Å². The van der Waals surface area contributed by atoms with Gasteiger partial charge in [-0.2, -0.15) is 0 Å². The lowest BCUT2D eigenvalue weighted by Crippen LogP contribution is -1.94. The average Bonchev–Trinajstić information content (AvgIpc) is 2.42. The molecule has 108 valence electrons. The molecule has 21 heavy (non-hydrogen) atoms. The first-order valence-electron chi connectivity index (χ1n) is 6.06. The van der Waals surface area contributed by atoms with E-state index in [1.54, 1.807) is 24.3 Å². The van der Waals surface area contributed by atoms with Crippen LogP contribution in [0.5, 0.6) is 11.6 Å². The van der Waals surface area contributed by atoms with Gasteiger partial charge in [0.05, 0.1) is 16.9 Å². The van der Waals surface area contributed by atoms with Crippen LogP contribution in [0.1, 0.15) is 11.1 Å². The summed E-state index contributed by atoms with van der Waals surface area (Å²) in [5, 5.41) is 9.00. The Bertz CT molecular complexity index is 674. The van der Waals surface area contributed by atoms with E-state index < -0.39 is 5.97 Å². The maximum atomic E-state index is 10.5. The van der Waals surface area contributed by atoms with Gasteiger partial charge in [0, 0.05) is 12.1 Å². The Balaban J connectivity index is 2.28. The molecule has 5 nitrogen and oxygen atoms in total. The summed E-state index contributed by atoms with van der Waals surface area (Å²) >= 11 is 6.17. The predicted molar refractivity (Wildman–Crippen MR) is 81.6 cm³/mol. The van der Waals surface area contributed by atoms with Crippen molar-refractivity contribution in [2.45, 2.75) is 6.92 Å². The number of benzene rings is 1. The predicted octanol–water partition coefficient (Wildman–Crippen LogP) is 3.52. The van der Waals surface area contributed by atoms with Crippen LogP contribution < -0.4 is 10.5 Å². The molecule has 1 aromatic heterocycles. The molecule has 6 heteroatoms. The standard InChI is InChI=1S/C15H13ClN2O3/c1-9-6-10(2-5-14(19)20)7-12(16)15(9)21-13-4-3-11(17)8-18-13/h2-8H,17H2,1H3,(H,19,20). The SMILES string of the molecule is Cc1cc(C=CC(=O)O)cc(Cl)c1Oc1ccc(N)cn1. The summed E-state index contributed by atoms with van der Waals surface area (Å²) in [6.45, 7) is 1.82. The third-order valence-electron chi connectivity index (χ3n) is 2.64. The summed E-state index contributed by atoms with van der Waals surface area (Å²) in [5.41, 5.74) is 7.55. The molecule has 0 aliphatic rings. The van der Waals surface area contributed by atoms with Gasteiger partial charge in [0.2, 0.25) is 5.88 Å². The number of carboxylic acid groups (broad SMARTS) is 1. The maximum Gasteiger partial charge on any atom is 0.328 e. The lowest BCUT2D eigenvalue weighted by molar-refractivity contribution is -0.131. The van der Waals surface area contributed by atoms with Gasteiger partial charge in [0.1, 0.15) is 0 Å². The van der Waals surface area contributed by atoms with Crippen LogP contribution in [0.4, 0.5) is 5.69 Å². The minimum Gasteiger partial charge on any atom is -0.478 e. The number of aliphatic carboxylic acids is 1. The van der Waals surface area contributed by atoms with Gasteiger partial charge in [-0.25, -0.2) is 9.78 Å². The summed E-state index contributed by atoms with van der Waals surface area (Å²) in [5.74, 6) is -0.167. The molecule has 2 rings (SSSR count). The highest BCUT2D eigenvalue weighted by Crippen LogP contribution is 2.33. The van der Waals surface area contributed by atoms with E-state index in [2.05, 4.69) is 4.98 Å². The van der Waals surface area contributed by atoms with Gasteiger partial charge in [-0.15, -0.1) is 0 Å². The number of pyridine rings is 1. The Hall–Kier alpha value is -2.53. The number of rotatable bonds is 4. The van der Waals surface area contributed by atoms with Crippen molar-refractivity contribution in [2.75, 3.05) is 5.73 Å². The molecule has 2 aromatic rings. The summed E-state index contributed by atoms with van der Waals surface area (Å²) in [6.07, 6.45) is 4.00. The first kappa shape index (κ1) is 14.9. The lowest BCUT2D eigenvalue weighted by Gasteiger charge is -2.11. The summed E-state index contributed by atoms with van der Waals surface area (Å²) in [6, 6.07) is 6.72. The van der Waals surface area contributed by atoms with Crippen molar-refractivity contribution in [3.8, 4) is 11.6 Å². The van der Waals surface area contributed by atoms with Gasteiger partial charge < -0.3 is 15.6 Å². The lowest BCUT2D eigenvalue weighted by atomic mass is 10.1. The molecule has 0 aliphatic carbocycles. The zero-order valence-electron chi connectivity index (χ0n) is 11.2. The fraction of sp³-hybridized carbons (Fsp3) is 0.0667. The number of carboxylic acids is 1. The van der Waals surface area contributed by atoms with Crippen LogP contribution in [0, 0.1) is 6.92 Å². The summed E-state index contributed by atoms with van der Waals surface area (Å²) in [7, 11) is 0. The van der Waals surface area contributed by atoms with Crippen LogP contribution in [-0.2, 0) is 4.79 Å². The van der Waals surface area contributed by atoms with Crippen LogP contribution >= 0.6 is 11.6 Å². The highest BCUT2D eigenvalue weighted by Gasteiger charge is 2.09. The van der Waals surface area contributed by atoms with Gasteiger partial charge in [0.25, 0.3) is 0 Å². The Morgan fingerprint density at radius 3 is 2.76 bits per heavy atom. The molecule has 0 saturated carbocycles. The van der Waals surface area contributed by atoms with E-state index in [4.69, 9.17) is 27.2 Å². The average molecular weight is 305 g/mol. The van der Waals surface area contributed by atoms with Crippen molar-refractivity contribution in [1.82, 2.24) is 4.98 Å². The largest absolute Gasteiger partial charge is 0.478 e. The number of halogens is 1. The number of nitrogen functional groups attached to an aromatic ring is 1. The van der Waals surface area contributed by atoms with E-state index in [0.717, 1.165) is 11.6 Å². The number of nitrogens with two attached hydrogens (primary N) is 1. The normalized spacial score (nSPS) is 10.8. The zero-order chi connectivity index (χ0) is 15.4. The Labute approximate surface area is 126 Å². The Kier molecular flexibility index (Phi) is 4.45. The minimum absolute atomic E-state index is 0.374. The fourth-order valence-electron chi connectivity index (χ4n) is 1.71. The minimum atomic E-state index is -1.02. The zero-order valence-corrected chi connectivity index (χ0v) is 12.0. The number of carbonyl (C=O) groups is 1. The molecule has 0 unspecified atom stereocenters. The van der Waals surface area contributed by atoms with E-state index in [1.165, 1.54) is 12.3 Å². The monoisotopic (exact) mass is 304 g/mol. The third-order valence-corrected chi connectivity index (χ3v) is 2.92. The second-order valence-electron chi connectivity index (χ2n) is 4.35. The molecule has 0 amide bonds. The Morgan fingerprint density at radius 2 is 2.19 bits per heavy atom. The van der Waals surface area contributed by atoms with Crippen LogP contribution in [0.25, 0.3) is 6.08 Å². The first-order valence-corrected chi connectivity index (χ1v) is 6.44. The van der Waals surface area contributed by atoms with Gasteiger partial charge in [0.15, 0.2) is 5.75 Å². The molecule has 0 radical (unpaired) electrons. The van der Waals surface area contributed by atoms with E-state index >= 15 is 0 Å². The van der Waals surface area contributed by atoms with E-state index in [-0.39, 0.29) is 0 Å². The molecular weight excluding hydrogens is 292 g/mol. The summed E-state index contributed by atoms with van der Waals surface area (Å²) in [4.78, 5) is 14.6. The summed E-state index contributed by atoms with van der Waals surface area (Å²) < 4.78 is 5.64. The van der Waals surface area contributed by atoms with Crippen molar-refractivity contribution >= 4 is 29.3 Å². The molecule has 0 bridgehead atoms. The van der Waals surface area contributed by atoms with E-state index in [0.29, 0.717) is 27.9 Å². The number of hydrogen-bond acceptors (Lipinski definition) is 4. The highest BCUT2D eigenvalue weighted by molar-refractivity contribution is 6.32. The van der Waals surface area contributed by atoms with Crippen LogP contribution in [0.3, 0.4) is 0 Å². The third kappa shape index (κ3) is 3.97. The number of ether oxygens (including phenoxy) is 1. The number of aryl methyl sites for hydroxylation is 1. The Morgan fingerprint density at radius 1 is 1.43 bits per heavy atom. The fourth-order valence-corrected chi connectivity index (χ4v) is 2.02. The van der Waals surface area contributed by atoms with Gasteiger partial charge >= 0.3 is 5.97 Å². The maximum absolute atomic E-state index is 10.5. The number of hydrogen-bond donors (Lipinski definition) is 2. The van der Waals surface area contributed by atoms with E-state index in [9.17, 15) is 4.79 Å². The van der Waals surface area contributed by atoms with Crippen LogP contribution in [0.15, 0.2) is 36.5 Å².